The zero-order valence-corrected chi connectivity index (χ0v) is 18.9. The van der Waals surface area contributed by atoms with Crippen molar-refractivity contribution in [2.24, 2.45) is 0 Å². The highest BCUT2D eigenvalue weighted by atomic mass is 32.2. The van der Waals surface area contributed by atoms with E-state index in [2.05, 4.69) is 5.32 Å². The van der Waals surface area contributed by atoms with Gasteiger partial charge in [-0.3, -0.25) is 0 Å². The maximum atomic E-state index is 13.2. The zero-order chi connectivity index (χ0) is 24.1. The molecular formula is C21H25F3N2O5S. The van der Waals surface area contributed by atoms with Gasteiger partial charge in [-0.15, -0.1) is 0 Å². The maximum Gasteiger partial charge on any atom is 0.418 e. The number of para-hydroxylation sites is 1. The molecule has 0 bridgehead atoms. The van der Waals surface area contributed by atoms with E-state index in [0.29, 0.717) is 5.56 Å². The van der Waals surface area contributed by atoms with E-state index >= 15 is 0 Å². The Hall–Kier alpha value is -2.95. The first-order valence-corrected chi connectivity index (χ1v) is 11.3. The predicted octanol–water partition coefficient (Wildman–Crippen LogP) is 4.89. The van der Waals surface area contributed by atoms with Gasteiger partial charge in [-0.05, 0) is 50.6 Å². The zero-order valence-electron chi connectivity index (χ0n) is 18.1. The third-order valence-corrected chi connectivity index (χ3v) is 5.65. The van der Waals surface area contributed by atoms with Crippen LogP contribution in [0.5, 0.6) is 11.5 Å². The molecule has 1 N–H and O–H groups in total. The van der Waals surface area contributed by atoms with Crippen LogP contribution in [-0.4, -0.2) is 38.3 Å². The number of amides is 2. The summed E-state index contributed by atoms with van der Waals surface area (Å²) in [7, 11) is -2.47. The molecule has 2 rings (SSSR count). The molecular weight excluding hydrogens is 449 g/mol. The number of carbonyl (C=O) groups excluding carboxylic acids is 1. The van der Waals surface area contributed by atoms with Crippen LogP contribution in [0.2, 0.25) is 0 Å². The number of rotatable bonds is 8. The van der Waals surface area contributed by atoms with Gasteiger partial charge in [0.2, 0.25) is 0 Å². The molecule has 0 fully saturated rings. The lowest BCUT2D eigenvalue weighted by molar-refractivity contribution is -0.136. The van der Waals surface area contributed by atoms with E-state index in [1.807, 2.05) is 0 Å². The summed E-state index contributed by atoms with van der Waals surface area (Å²) in [5.41, 5.74) is -0.814. The Kier molecular flexibility index (Phi) is 8.00. The predicted molar refractivity (Wildman–Crippen MR) is 114 cm³/mol. The molecule has 0 radical (unpaired) electrons. The van der Waals surface area contributed by atoms with Crippen LogP contribution in [0.4, 0.5) is 23.7 Å². The Morgan fingerprint density at radius 3 is 2.34 bits per heavy atom. The van der Waals surface area contributed by atoms with E-state index in [4.69, 9.17) is 8.92 Å². The van der Waals surface area contributed by atoms with Crippen LogP contribution in [0.3, 0.4) is 0 Å². The fourth-order valence-electron chi connectivity index (χ4n) is 2.79. The highest BCUT2D eigenvalue weighted by molar-refractivity contribution is 7.87. The number of benzene rings is 2. The van der Waals surface area contributed by atoms with Crippen LogP contribution in [-0.2, 0) is 22.8 Å². The molecule has 0 heterocycles. The monoisotopic (exact) mass is 474 g/mol. The number of anilines is 1. The first-order valence-electron chi connectivity index (χ1n) is 9.71. The van der Waals surface area contributed by atoms with Crippen molar-refractivity contribution in [1.82, 2.24) is 4.90 Å². The van der Waals surface area contributed by atoms with Gasteiger partial charge in [-0.2, -0.15) is 21.6 Å². The maximum absolute atomic E-state index is 13.2. The van der Waals surface area contributed by atoms with Gasteiger partial charge in [0, 0.05) is 12.6 Å². The number of carbonyl (C=O) groups is 1. The average molecular weight is 475 g/mol. The molecule has 7 nitrogen and oxygen atoms in total. The average Bonchev–Trinajstić information content (AvgIpc) is 2.71. The third-order valence-electron chi connectivity index (χ3n) is 4.51. The topological polar surface area (TPSA) is 84.9 Å². The van der Waals surface area contributed by atoms with Crippen LogP contribution < -0.4 is 14.2 Å². The molecule has 0 aliphatic rings. The van der Waals surface area contributed by atoms with Gasteiger partial charge in [0.1, 0.15) is 0 Å². The van der Waals surface area contributed by atoms with Gasteiger partial charge in [0.05, 0.1) is 24.1 Å². The summed E-state index contributed by atoms with van der Waals surface area (Å²) in [6, 6.07) is 8.09. The van der Waals surface area contributed by atoms with Crippen molar-refractivity contribution in [3.63, 3.8) is 0 Å². The highest BCUT2D eigenvalue weighted by Crippen LogP contribution is 2.35. The molecule has 176 valence electrons. The number of hydrogen-bond donors (Lipinski definition) is 1. The molecule has 0 aliphatic carbocycles. The minimum atomic E-state index is -4.63. The lowest BCUT2D eigenvalue weighted by Crippen LogP contribution is -2.39. The SMILES string of the molecule is CCS(=O)(=O)Oc1cc(CN(C(=O)Nc2ccccc2C(F)(F)F)C(C)C)ccc1OC. The van der Waals surface area contributed by atoms with Crippen molar-refractivity contribution < 1.29 is 35.3 Å². The standard InChI is InChI=1S/C21H25F3N2O5S/c1-5-32(28,29)31-19-12-15(10-11-18(19)30-4)13-26(14(2)3)20(27)25-17-9-7-6-8-16(17)21(22,23)24/h6-12,14H,5,13H2,1-4H3,(H,25,27). The molecule has 0 saturated heterocycles. The van der Waals surface area contributed by atoms with Crippen molar-refractivity contribution in [1.29, 1.82) is 0 Å². The van der Waals surface area contributed by atoms with Crippen LogP contribution >= 0.6 is 0 Å². The van der Waals surface area contributed by atoms with Crippen LogP contribution in [0.25, 0.3) is 0 Å². The summed E-state index contributed by atoms with van der Waals surface area (Å²) in [5.74, 6) is -0.108. The van der Waals surface area contributed by atoms with E-state index in [-0.39, 0.29) is 35.5 Å². The fourth-order valence-corrected chi connectivity index (χ4v) is 3.31. The quantitative estimate of drug-likeness (QED) is 0.551. The molecule has 2 aromatic rings. The van der Waals surface area contributed by atoms with Gasteiger partial charge in [0.25, 0.3) is 0 Å². The largest absolute Gasteiger partial charge is 0.493 e. The molecule has 0 aliphatic heterocycles. The van der Waals surface area contributed by atoms with Crippen molar-refractivity contribution in [3.8, 4) is 11.5 Å². The summed E-state index contributed by atoms with van der Waals surface area (Å²) in [4.78, 5) is 14.1. The molecule has 0 atom stereocenters. The van der Waals surface area contributed by atoms with Gasteiger partial charge >= 0.3 is 22.3 Å². The number of alkyl halides is 3. The van der Waals surface area contributed by atoms with Crippen molar-refractivity contribution in [2.45, 2.75) is 39.5 Å². The molecule has 0 saturated carbocycles. The Bertz CT molecular complexity index is 1060. The van der Waals surface area contributed by atoms with Crippen molar-refractivity contribution in [3.05, 3.63) is 53.6 Å². The highest BCUT2D eigenvalue weighted by Gasteiger charge is 2.34. The second-order valence-corrected chi connectivity index (χ2v) is 8.97. The van der Waals surface area contributed by atoms with Crippen LogP contribution in [0.15, 0.2) is 42.5 Å². The molecule has 2 amide bonds. The molecule has 0 aromatic heterocycles. The van der Waals surface area contributed by atoms with Crippen molar-refractivity contribution >= 4 is 21.8 Å². The normalized spacial score (nSPS) is 11.9. The Labute approximate surface area is 185 Å². The van der Waals surface area contributed by atoms with Gasteiger partial charge in [-0.25, -0.2) is 4.79 Å². The molecule has 2 aromatic carbocycles. The lowest BCUT2D eigenvalue weighted by atomic mass is 10.1. The lowest BCUT2D eigenvalue weighted by Gasteiger charge is -2.28. The van der Waals surface area contributed by atoms with Crippen LogP contribution in [0, 0.1) is 0 Å². The Morgan fingerprint density at radius 1 is 1.12 bits per heavy atom. The summed E-state index contributed by atoms with van der Waals surface area (Å²) < 4.78 is 73.6. The first kappa shape index (κ1) is 25.3. The van der Waals surface area contributed by atoms with E-state index in [1.165, 1.54) is 49.3 Å². The molecule has 0 unspecified atom stereocenters. The number of halogens is 3. The minimum Gasteiger partial charge on any atom is -0.493 e. The summed E-state index contributed by atoms with van der Waals surface area (Å²) in [6.45, 7) is 4.83. The van der Waals surface area contributed by atoms with Gasteiger partial charge < -0.3 is 19.1 Å². The number of ether oxygens (including phenoxy) is 1. The van der Waals surface area contributed by atoms with Gasteiger partial charge in [-0.1, -0.05) is 18.2 Å². The number of nitrogens with one attached hydrogen (secondary N) is 1. The molecule has 32 heavy (non-hydrogen) atoms. The number of methoxy groups -OCH3 is 1. The minimum absolute atomic E-state index is 0.00971. The third kappa shape index (κ3) is 6.52. The van der Waals surface area contributed by atoms with E-state index in [9.17, 15) is 26.4 Å². The molecule has 11 heteroatoms. The Balaban J connectivity index is 2.30. The summed E-state index contributed by atoms with van der Waals surface area (Å²) in [6.07, 6.45) is -4.63. The Morgan fingerprint density at radius 2 is 1.78 bits per heavy atom. The van der Waals surface area contributed by atoms with Crippen molar-refractivity contribution in [2.75, 3.05) is 18.2 Å². The van der Waals surface area contributed by atoms with E-state index in [1.54, 1.807) is 19.9 Å². The van der Waals surface area contributed by atoms with E-state index in [0.717, 1.165) is 6.07 Å². The number of nitrogens with zero attached hydrogens (tertiary/aromatic N) is 1. The fraction of sp³-hybridized carbons (Fsp3) is 0.381. The smallest absolute Gasteiger partial charge is 0.418 e. The summed E-state index contributed by atoms with van der Waals surface area (Å²) in [5, 5.41) is 2.32. The number of urea groups is 1. The first-order chi connectivity index (χ1) is 14.9. The summed E-state index contributed by atoms with van der Waals surface area (Å²) >= 11 is 0. The van der Waals surface area contributed by atoms with Crippen LogP contribution in [0.1, 0.15) is 31.9 Å². The second-order valence-electron chi connectivity index (χ2n) is 7.11. The number of hydrogen-bond acceptors (Lipinski definition) is 5. The second kappa shape index (κ2) is 10.1. The van der Waals surface area contributed by atoms with E-state index < -0.39 is 27.9 Å². The van der Waals surface area contributed by atoms with Gasteiger partial charge in [0.15, 0.2) is 11.5 Å². The molecule has 0 spiro atoms.